The van der Waals surface area contributed by atoms with Gasteiger partial charge in [-0.25, -0.2) is 4.79 Å². The quantitative estimate of drug-likeness (QED) is 0.642. The van der Waals surface area contributed by atoms with Crippen LogP contribution in [0.2, 0.25) is 0 Å². The molecule has 0 aromatic rings. The van der Waals surface area contributed by atoms with Crippen LogP contribution in [0.5, 0.6) is 0 Å². The Morgan fingerprint density at radius 3 is 2.50 bits per heavy atom. The molecule has 0 aromatic carbocycles. The Morgan fingerprint density at radius 1 is 1.04 bits per heavy atom. The third-order valence-corrected chi connectivity index (χ3v) is 4.92. The predicted molar refractivity (Wildman–Crippen MR) is 89.6 cm³/mol. The number of carboxylic acid groups (broad SMARTS) is 1. The number of urea groups is 1. The van der Waals surface area contributed by atoms with Crippen molar-refractivity contribution in [1.29, 1.82) is 0 Å². The summed E-state index contributed by atoms with van der Waals surface area (Å²) in [5.74, 6) is -1.29. The van der Waals surface area contributed by atoms with Gasteiger partial charge in [0.2, 0.25) is 5.91 Å². The zero-order valence-corrected chi connectivity index (χ0v) is 14.3. The van der Waals surface area contributed by atoms with Crippen molar-refractivity contribution in [2.75, 3.05) is 19.6 Å². The number of hydrogen-bond acceptors (Lipinski definition) is 3. The highest BCUT2D eigenvalue weighted by Gasteiger charge is 2.27. The van der Waals surface area contributed by atoms with E-state index in [4.69, 9.17) is 5.11 Å². The minimum absolute atomic E-state index is 0.0181. The van der Waals surface area contributed by atoms with Gasteiger partial charge < -0.3 is 20.6 Å². The summed E-state index contributed by atoms with van der Waals surface area (Å²) in [6, 6.07) is 0.125. The second-order valence-electron chi connectivity index (χ2n) is 6.86. The normalized spacial score (nSPS) is 22.0. The Hall–Kier alpha value is -1.79. The summed E-state index contributed by atoms with van der Waals surface area (Å²) >= 11 is 0. The molecule has 0 radical (unpaired) electrons. The summed E-state index contributed by atoms with van der Waals surface area (Å²) in [6.45, 7) is 1.41. The standard InChI is InChI=1S/C17H29N3O4/c21-15(20-11-5-6-13(12-20)16(22)23)9-4-10-18-17(24)19-14-7-2-1-3-8-14/h13-14H,1-12H2,(H,22,23)(H2,18,19,24). The molecule has 1 unspecified atom stereocenters. The first kappa shape index (κ1) is 18.5. The Balaban J connectivity index is 1.58. The van der Waals surface area contributed by atoms with Gasteiger partial charge >= 0.3 is 12.0 Å². The third-order valence-electron chi connectivity index (χ3n) is 4.92. The average Bonchev–Trinajstić information content (AvgIpc) is 2.59. The maximum Gasteiger partial charge on any atom is 0.315 e. The number of hydrogen-bond donors (Lipinski definition) is 3. The van der Waals surface area contributed by atoms with E-state index < -0.39 is 11.9 Å². The molecule has 3 amide bonds. The first-order valence-corrected chi connectivity index (χ1v) is 9.11. The number of carbonyl (C=O) groups excluding carboxylic acids is 2. The molecule has 1 atom stereocenters. The molecule has 0 aromatic heterocycles. The maximum atomic E-state index is 12.1. The fraction of sp³-hybridized carbons (Fsp3) is 0.824. The molecule has 2 fully saturated rings. The number of amides is 3. The summed E-state index contributed by atoms with van der Waals surface area (Å²) in [5, 5.41) is 14.8. The van der Waals surface area contributed by atoms with Gasteiger partial charge in [-0.1, -0.05) is 19.3 Å². The molecular weight excluding hydrogens is 310 g/mol. The lowest BCUT2D eigenvalue weighted by Crippen LogP contribution is -2.44. The fourth-order valence-electron chi connectivity index (χ4n) is 3.49. The van der Waals surface area contributed by atoms with Crippen molar-refractivity contribution in [1.82, 2.24) is 15.5 Å². The van der Waals surface area contributed by atoms with Gasteiger partial charge in [0.25, 0.3) is 0 Å². The van der Waals surface area contributed by atoms with Gasteiger partial charge in [0, 0.05) is 32.1 Å². The number of nitrogens with one attached hydrogen (secondary N) is 2. The van der Waals surface area contributed by atoms with Crippen LogP contribution in [-0.2, 0) is 9.59 Å². The van der Waals surface area contributed by atoms with Gasteiger partial charge in [-0.3, -0.25) is 9.59 Å². The van der Waals surface area contributed by atoms with Gasteiger partial charge in [-0.2, -0.15) is 0 Å². The van der Waals surface area contributed by atoms with E-state index in [0.29, 0.717) is 38.9 Å². The molecule has 1 saturated heterocycles. The van der Waals surface area contributed by atoms with Crippen molar-refractivity contribution in [2.45, 2.75) is 63.8 Å². The molecule has 2 aliphatic rings. The van der Waals surface area contributed by atoms with Crippen LogP contribution in [0, 0.1) is 5.92 Å². The van der Waals surface area contributed by atoms with Crippen molar-refractivity contribution in [3.63, 3.8) is 0 Å². The first-order chi connectivity index (χ1) is 11.6. The van der Waals surface area contributed by atoms with E-state index in [9.17, 15) is 14.4 Å². The Bertz CT molecular complexity index is 449. The Kier molecular flexibility index (Phi) is 7.34. The van der Waals surface area contributed by atoms with Crippen LogP contribution in [0.1, 0.15) is 57.8 Å². The van der Waals surface area contributed by atoms with Crippen LogP contribution in [0.25, 0.3) is 0 Å². The number of rotatable bonds is 6. The lowest BCUT2D eigenvalue weighted by atomic mass is 9.96. The lowest BCUT2D eigenvalue weighted by Gasteiger charge is -2.30. The van der Waals surface area contributed by atoms with E-state index in [1.54, 1.807) is 4.90 Å². The van der Waals surface area contributed by atoms with Crippen LogP contribution in [0.15, 0.2) is 0 Å². The minimum Gasteiger partial charge on any atom is -0.481 e. The second-order valence-corrected chi connectivity index (χ2v) is 6.86. The van der Waals surface area contributed by atoms with Gasteiger partial charge in [0.15, 0.2) is 0 Å². The van der Waals surface area contributed by atoms with Crippen molar-refractivity contribution in [3.8, 4) is 0 Å². The molecule has 24 heavy (non-hydrogen) atoms. The number of carbonyl (C=O) groups is 3. The molecule has 2 rings (SSSR count). The average molecular weight is 339 g/mol. The zero-order valence-electron chi connectivity index (χ0n) is 14.3. The largest absolute Gasteiger partial charge is 0.481 e. The molecule has 0 spiro atoms. The van der Waals surface area contributed by atoms with Gasteiger partial charge in [0.05, 0.1) is 5.92 Å². The van der Waals surface area contributed by atoms with Crippen molar-refractivity contribution in [2.24, 2.45) is 5.92 Å². The second kappa shape index (κ2) is 9.49. The summed E-state index contributed by atoms with van der Waals surface area (Å²) in [7, 11) is 0. The molecule has 1 aliphatic carbocycles. The molecule has 0 bridgehead atoms. The molecule has 1 saturated carbocycles. The number of likely N-dealkylation sites (tertiary alicyclic amines) is 1. The molecule has 136 valence electrons. The highest BCUT2D eigenvalue weighted by atomic mass is 16.4. The smallest absolute Gasteiger partial charge is 0.315 e. The van der Waals surface area contributed by atoms with Crippen LogP contribution in [0.4, 0.5) is 4.79 Å². The number of piperidine rings is 1. The van der Waals surface area contributed by atoms with E-state index >= 15 is 0 Å². The van der Waals surface area contributed by atoms with Crippen LogP contribution in [-0.4, -0.2) is 53.6 Å². The van der Waals surface area contributed by atoms with Gasteiger partial charge in [-0.15, -0.1) is 0 Å². The lowest BCUT2D eigenvalue weighted by molar-refractivity contribution is -0.145. The van der Waals surface area contributed by atoms with Crippen molar-refractivity contribution < 1.29 is 19.5 Å². The minimum atomic E-state index is -0.825. The zero-order chi connectivity index (χ0) is 17.4. The maximum absolute atomic E-state index is 12.1. The Morgan fingerprint density at radius 2 is 1.79 bits per heavy atom. The third kappa shape index (κ3) is 6.02. The first-order valence-electron chi connectivity index (χ1n) is 9.11. The van der Waals surface area contributed by atoms with Crippen LogP contribution >= 0.6 is 0 Å². The highest BCUT2D eigenvalue weighted by molar-refractivity contribution is 5.78. The molecular formula is C17H29N3O4. The van der Waals surface area contributed by atoms with Gasteiger partial charge in [-0.05, 0) is 32.1 Å². The SMILES string of the molecule is O=C(NCCCC(=O)N1CCCC(C(=O)O)C1)NC1CCCCC1. The molecule has 1 heterocycles. The van der Waals surface area contributed by atoms with E-state index in [0.717, 1.165) is 19.3 Å². The molecule has 7 nitrogen and oxygen atoms in total. The Labute approximate surface area is 143 Å². The van der Waals surface area contributed by atoms with E-state index in [2.05, 4.69) is 10.6 Å². The van der Waals surface area contributed by atoms with Gasteiger partial charge in [0.1, 0.15) is 0 Å². The molecule has 1 aliphatic heterocycles. The highest BCUT2D eigenvalue weighted by Crippen LogP contribution is 2.18. The monoisotopic (exact) mass is 339 g/mol. The van der Waals surface area contributed by atoms with E-state index in [1.807, 2.05) is 0 Å². The molecule has 7 heteroatoms. The number of aliphatic carboxylic acids is 1. The number of nitrogens with zero attached hydrogens (tertiary/aromatic N) is 1. The summed E-state index contributed by atoms with van der Waals surface area (Å²) in [6.07, 6.45) is 7.99. The topological polar surface area (TPSA) is 98.7 Å². The summed E-state index contributed by atoms with van der Waals surface area (Å²) in [5.41, 5.74) is 0. The van der Waals surface area contributed by atoms with Crippen LogP contribution in [0.3, 0.4) is 0 Å². The number of carboxylic acids is 1. The van der Waals surface area contributed by atoms with E-state index in [-0.39, 0.29) is 18.0 Å². The molecule has 3 N–H and O–H groups in total. The summed E-state index contributed by atoms with van der Waals surface area (Å²) in [4.78, 5) is 36.6. The van der Waals surface area contributed by atoms with Crippen molar-refractivity contribution >= 4 is 17.9 Å². The fourth-order valence-corrected chi connectivity index (χ4v) is 3.49. The van der Waals surface area contributed by atoms with Crippen LogP contribution < -0.4 is 10.6 Å². The van der Waals surface area contributed by atoms with Crippen molar-refractivity contribution in [3.05, 3.63) is 0 Å². The van der Waals surface area contributed by atoms with E-state index in [1.165, 1.54) is 19.3 Å². The summed E-state index contributed by atoms with van der Waals surface area (Å²) < 4.78 is 0. The predicted octanol–water partition coefficient (Wildman–Crippen LogP) is 1.72.